The molecule has 0 atom stereocenters. The van der Waals surface area contributed by atoms with E-state index in [0.717, 1.165) is 51.0 Å². The fourth-order valence-electron chi connectivity index (χ4n) is 4.25. The van der Waals surface area contributed by atoms with Crippen molar-refractivity contribution >= 4 is 22.9 Å². The highest BCUT2D eigenvalue weighted by atomic mass is 16.6. The molecule has 1 saturated heterocycles. The SMILES string of the molecule is C=CCN1CCC(CCc2noc3c(OC)c(OC)c4c(c23)OC(=O)/C=C/C(=O)O4)CC1. The maximum absolute atomic E-state index is 12.2. The van der Waals surface area contributed by atoms with E-state index in [1.54, 1.807) is 0 Å². The Morgan fingerprint density at radius 3 is 2.38 bits per heavy atom. The Labute approximate surface area is 185 Å². The minimum absolute atomic E-state index is 0.0393. The molecule has 1 aromatic heterocycles. The van der Waals surface area contributed by atoms with Crippen molar-refractivity contribution in [3.63, 3.8) is 0 Å². The van der Waals surface area contributed by atoms with Gasteiger partial charge in [-0.25, -0.2) is 9.59 Å². The summed E-state index contributed by atoms with van der Waals surface area (Å²) in [5.74, 6) is -0.591. The van der Waals surface area contributed by atoms with Crippen molar-refractivity contribution < 1.29 is 33.1 Å². The normalized spacial score (nSPS) is 18.3. The van der Waals surface area contributed by atoms with Gasteiger partial charge in [-0.1, -0.05) is 11.2 Å². The molecule has 1 aromatic carbocycles. The zero-order chi connectivity index (χ0) is 22.7. The number of piperidine rings is 1. The molecule has 0 N–H and O–H groups in total. The van der Waals surface area contributed by atoms with Gasteiger partial charge in [0.1, 0.15) is 0 Å². The highest BCUT2D eigenvalue weighted by Gasteiger charge is 2.32. The Kier molecular flexibility index (Phi) is 6.45. The Balaban J connectivity index is 1.68. The van der Waals surface area contributed by atoms with E-state index in [1.807, 2.05) is 6.08 Å². The largest absolute Gasteiger partial charge is 0.490 e. The summed E-state index contributed by atoms with van der Waals surface area (Å²) in [6.45, 7) is 6.79. The molecule has 0 saturated carbocycles. The molecule has 1 fully saturated rings. The summed E-state index contributed by atoms with van der Waals surface area (Å²) in [5, 5.41) is 4.67. The molecule has 0 bridgehead atoms. The molecule has 0 spiro atoms. The van der Waals surface area contributed by atoms with E-state index in [9.17, 15) is 9.59 Å². The Hall–Kier alpha value is -3.33. The van der Waals surface area contributed by atoms with E-state index in [1.165, 1.54) is 14.2 Å². The smallest absolute Gasteiger partial charge is 0.336 e. The molecular formula is C23H26N2O7. The van der Waals surface area contributed by atoms with Crippen molar-refractivity contribution in [1.29, 1.82) is 0 Å². The van der Waals surface area contributed by atoms with Crippen molar-refractivity contribution in [2.75, 3.05) is 33.9 Å². The Morgan fingerprint density at radius 1 is 1.09 bits per heavy atom. The minimum Gasteiger partial charge on any atom is -0.490 e. The third-order valence-corrected chi connectivity index (χ3v) is 5.87. The molecule has 2 aliphatic heterocycles. The maximum atomic E-state index is 12.2. The van der Waals surface area contributed by atoms with E-state index >= 15 is 0 Å². The Bertz CT molecular complexity index is 1060. The number of benzene rings is 1. The molecule has 9 heteroatoms. The number of ether oxygens (including phenoxy) is 4. The number of methoxy groups -OCH3 is 2. The van der Waals surface area contributed by atoms with Gasteiger partial charge in [-0.3, -0.25) is 4.90 Å². The van der Waals surface area contributed by atoms with Crippen LogP contribution in [0.5, 0.6) is 23.0 Å². The molecule has 0 aliphatic carbocycles. The van der Waals surface area contributed by atoms with Gasteiger partial charge in [-0.05, 0) is 44.7 Å². The predicted molar refractivity (Wildman–Crippen MR) is 115 cm³/mol. The van der Waals surface area contributed by atoms with E-state index in [4.69, 9.17) is 23.5 Å². The molecule has 170 valence electrons. The molecule has 4 rings (SSSR count). The molecule has 0 radical (unpaired) electrons. The third-order valence-electron chi connectivity index (χ3n) is 5.87. The van der Waals surface area contributed by atoms with Crippen LogP contribution in [0.2, 0.25) is 0 Å². The van der Waals surface area contributed by atoms with Crippen LogP contribution in [0.3, 0.4) is 0 Å². The van der Waals surface area contributed by atoms with Gasteiger partial charge in [-0.2, -0.15) is 0 Å². The zero-order valence-corrected chi connectivity index (χ0v) is 18.2. The van der Waals surface area contributed by atoms with Crippen molar-refractivity contribution in [1.82, 2.24) is 10.1 Å². The molecule has 0 unspecified atom stereocenters. The topological polar surface area (TPSA) is 100 Å². The summed E-state index contributed by atoms with van der Waals surface area (Å²) < 4.78 is 27.4. The van der Waals surface area contributed by atoms with Gasteiger partial charge in [-0.15, -0.1) is 6.58 Å². The summed E-state index contributed by atoms with van der Waals surface area (Å²) >= 11 is 0. The number of carbonyl (C=O) groups is 2. The molecule has 2 aromatic rings. The van der Waals surface area contributed by atoms with Crippen molar-refractivity contribution in [3.05, 3.63) is 30.5 Å². The van der Waals surface area contributed by atoms with Crippen LogP contribution in [-0.2, 0) is 16.0 Å². The maximum Gasteiger partial charge on any atom is 0.336 e. The lowest BCUT2D eigenvalue weighted by Crippen LogP contribution is -2.33. The van der Waals surface area contributed by atoms with Crippen LogP contribution in [-0.4, -0.2) is 55.8 Å². The Morgan fingerprint density at radius 2 is 1.75 bits per heavy atom. The van der Waals surface area contributed by atoms with Gasteiger partial charge in [0, 0.05) is 18.7 Å². The number of aromatic nitrogens is 1. The fraction of sp³-hybridized carbons (Fsp3) is 0.435. The molecule has 32 heavy (non-hydrogen) atoms. The van der Waals surface area contributed by atoms with Crippen LogP contribution in [0.4, 0.5) is 0 Å². The first-order valence-corrected chi connectivity index (χ1v) is 10.6. The lowest BCUT2D eigenvalue weighted by atomic mass is 9.91. The lowest BCUT2D eigenvalue weighted by molar-refractivity contribution is -0.133. The van der Waals surface area contributed by atoms with E-state index in [2.05, 4.69) is 16.6 Å². The number of carbonyl (C=O) groups excluding carboxylic acids is 2. The number of esters is 2. The average molecular weight is 442 g/mol. The second kappa shape index (κ2) is 9.44. The van der Waals surface area contributed by atoms with E-state index in [-0.39, 0.29) is 28.6 Å². The van der Waals surface area contributed by atoms with Crippen LogP contribution < -0.4 is 18.9 Å². The highest BCUT2D eigenvalue weighted by Crippen LogP contribution is 2.52. The van der Waals surface area contributed by atoms with Crippen LogP contribution in [0.15, 0.2) is 29.3 Å². The number of likely N-dealkylation sites (tertiary alicyclic amines) is 1. The number of rotatable bonds is 7. The first kappa shape index (κ1) is 21.9. The van der Waals surface area contributed by atoms with Crippen molar-refractivity contribution in [2.24, 2.45) is 5.92 Å². The van der Waals surface area contributed by atoms with Gasteiger partial charge >= 0.3 is 11.9 Å². The number of hydrogen-bond donors (Lipinski definition) is 0. The standard InChI is InChI=1S/C23H26N2O7/c1-4-11-25-12-9-14(10-13-25)5-6-15-18-19-23(31-17(27)8-7-16(26)30-19)22(29-3)21(28-2)20(18)32-24-15/h4,7-8,14H,1,5-6,9-13H2,2-3H3/b8-7+. The summed E-state index contributed by atoms with van der Waals surface area (Å²) in [6.07, 6.45) is 7.64. The van der Waals surface area contributed by atoms with Gasteiger partial charge in [0.2, 0.25) is 22.8 Å². The summed E-state index contributed by atoms with van der Waals surface area (Å²) in [7, 11) is 2.84. The first-order chi connectivity index (χ1) is 15.5. The number of fused-ring (bicyclic) bond motifs is 3. The van der Waals surface area contributed by atoms with Crippen LogP contribution in [0.1, 0.15) is 25.0 Å². The summed E-state index contributed by atoms with van der Waals surface area (Å²) in [4.78, 5) is 26.7. The summed E-state index contributed by atoms with van der Waals surface area (Å²) in [6, 6.07) is 0. The molecule has 2 aliphatic rings. The number of nitrogens with zero attached hydrogens (tertiary/aromatic N) is 2. The number of hydrogen-bond acceptors (Lipinski definition) is 9. The lowest BCUT2D eigenvalue weighted by Gasteiger charge is -2.31. The minimum atomic E-state index is -0.730. The van der Waals surface area contributed by atoms with Crippen LogP contribution in [0.25, 0.3) is 11.0 Å². The quantitative estimate of drug-likeness (QED) is 0.364. The van der Waals surface area contributed by atoms with E-state index in [0.29, 0.717) is 23.4 Å². The first-order valence-electron chi connectivity index (χ1n) is 10.6. The van der Waals surface area contributed by atoms with E-state index < -0.39 is 11.9 Å². The van der Waals surface area contributed by atoms with Gasteiger partial charge < -0.3 is 23.5 Å². The molecule has 9 nitrogen and oxygen atoms in total. The van der Waals surface area contributed by atoms with Crippen LogP contribution >= 0.6 is 0 Å². The van der Waals surface area contributed by atoms with Crippen LogP contribution in [0, 0.1) is 5.92 Å². The van der Waals surface area contributed by atoms with Crippen molar-refractivity contribution in [2.45, 2.75) is 25.7 Å². The number of aryl methyl sites for hydroxylation is 1. The third kappa shape index (κ3) is 4.20. The van der Waals surface area contributed by atoms with Gasteiger partial charge in [0.25, 0.3) is 0 Å². The summed E-state index contributed by atoms with van der Waals surface area (Å²) in [5.41, 5.74) is 0.881. The monoisotopic (exact) mass is 442 g/mol. The zero-order valence-electron chi connectivity index (χ0n) is 18.2. The highest BCUT2D eigenvalue weighted by molar-refractivity contribution is 6.03. The second-order valence-electron chi connectivity index (χ2n) is 7.80. The second-order valence-corrected chi connectivity index (χ2v) is 7.80. The van der Waals surface area contributed by atoms with Gasteiger partial charge in [0.15, 0.2) is 5.75 Å². The molecule has 0 amide bonds. The fourth-order valence-corrected chi connectivity index (χ4v) is 4.25. The van der Waals surface area contributed by atoms with Crippen molar-refractivity contribution in [3.8, 4) is 23.0 Å². The van der Waals surface area contributed by atoms with Gasteiger partial charge in [0.05, 0.1) is 25.3 Å². The average Bonchev–Trinajstić information content (AvgIpc) is 3.21. The predicted octanol–water partition coefficient (Wildman–Crippen LogP) is 3.06. The molecule has 3 heterocycles. The molecular weight excluding hydrogens is 416 g/mol.